The average molecular weight is 244 g/mol. The van der Waals surface area contributed by atoms with Crippen LogP contribution in [0.1, 0.15) is 31.9 Å². The first kappa shape index (κ1) is 11.7. The fraction of sp³-hybridized carbons (Fsp3) is 0.571. The Bertz CT molecular complexity index is 451. The SMILES string of the molecule is CC1=CCN(c2cncc(CNC3CC3)n2)CC1. The van der Waals surface area contributed by atoms with E-state index >= 15 is 0 Å². The van der Waals surface area contributed by atoms with E-state index in [-0.39, 0.29) is 0 Å². The van der Waals surface area contributed by atoms with Gasteiger partial charge in [0.05, 0.1) is 11.9 Å². The Kier molecular flexibility index (Phi) is 3.28. The van der Waals surface area contributed by atoms with E-state index in [0.29, 0.717) is 0 Å². The highest BCUT2D eigenvalue weighted by Gasteiger charge is 2.20. The molecular weight excluding hydrogens is 224 g/mol. The first-order valence-corrected chi connectivity index (χ1v) is 6.76. The van der Waals surface area contributed by atoms with Gasteiger partial charge in [-0.1, -0.05) is 11.6 Å². The van der Waals surface area contributed by atoms with Crippen LogP contribution >= 0.6 is 0 Å². The molecule has 2 aliphatic rings. The average Bonchev–Trinajstić information content (AvgIpc) is 3.22. The Hall–Kier alpha value is -1.42. The third-order valence-electron chi connectivity index (χ3n) is 3.58. The molecule has 1 aromatic heterocycles. The highest BCUT2D eigenvalue weighted by Crippen LogP contribution is 2.20. The molecule has 0 aromatic carbocycles. The standard InChI is InChI=1S/C14H20N4/c1-11-4-6-18(7-5-11)14-10-15-8-13(17-14)9-16-12-2-3-12/h4,8,10,12,16H,2-3,5-7,9H2,1H3. The number of rotatable bonds is 4. The van der Waals surface area contributed by atoms with Crippen LogP contribution in [-0.2, 0) is 6.54 Å². The number of hydrogen-bond donors (Lipinski definition) is 1. The van der Waals surface area contributed by atoms with Crippen LogP contribution in [0.3, 0.4) is 0 Å². The number of nitrogens with one attached hydrogen (secondary N) is 1. The molecule has 1 fully saturated rings. The predicted molar refractivity (Wildman–Crippen MR) is 72.5 cm³/mol. The molecule has 0 atom stereocenters. The van der Waals surface area contributed by atoms with E-state index < -0.39 is 0 Å². The van der Waals surface area contributed by atoms with E-state index in [1.807, 2.05) is 12.4 Å². The molecule has 2 heterocycles. The zero-order chi connectivity index (χ0) is 12.4. The van der Waals surface area contributed by atoms with Crippen molar-refractivity contribution in [2.45, 2.75) is 38.8 Å². The molecule has 1 aromatic rings. The molecule has 1 N–H and O–H groups in total. The highest BCUT2D eigenvalue weighted by atomic mass is 15.2. The van der Waals surface area contributed by atoms with Crippen molar-refractivity contribution in [1.29, 1.82) is 0 Å². The van der Waals surface area contributed by atoms with Crippen LogP contribution in [-0.4, -0.2) is 29.1 Å². The summed E-state index contributed by atoms with van der Waals surface area (Å²) in [7, 11) is 0. The van der Waals surface area contributed by atoms with Gasteiger partial charge >= 0.3 is 0 Å². The van der Waals surface area contributed by atoms with Crippen molar-refractivity contribution in [2.75, 3.05) is 18.0 Å². The van der Waals surface area contributed by atoms with Crippen molar-refractivity contribution in [3.8, 4) is 0 Å². The first-order chi connectivity index (χ1) is 8.81. The van der Waals surface area contributed by atoms with E-state index in [1.54, 1.807) is 0 Å². The molecule has 0 unspecified atom stereocenters. The summed E-state index contributed by atoms with van der Waals surface area (Å²) in [5.41, 5.74) is 2.52. The van der Waals surface area contributed by atoms with Crippen molar-refractivity contribution in [3.63, 3.8) is 0 Å². The maximum Gasteiger partial charge on any atom is 0.147 e. The van der Waals surface area contributed by atoms with Crippen LogP contribution in [0.25, 0.3) is 0 Å². The zero-order valence-corrected chi connectivity index (χ0v) is 10.9. The maximum atomic E-state index is 4.69. The van der Waals surface area contributed by atoms with Crippen molar-refractivity contribution >= 4 is 5.82 Å². The minimum atomic E-state index is 0.719. The topological polar surface area (TPSA) is 41.1 Å². The Morgan fingerprint density at radius 1 is 1.39 bits per heavy atom. The molecule has 4 heteroatoms. The van der Waals surface area contributed by atoms with Crippen molar-refractivity contribution in [2.24, 2.45) is 0 Å². The smallest absolute Gasteiger partial charge is 0.147 e. The minimum Gasteiger partial charge on any atom is -0.351 e. The van der Waals surface area contributed by atoms with E-state index in [0.717, 1.165) is 43.6 Å². The van der Waals surface area contributed by atoms with Crippen LogP contribution in [0.5, 0.6) is 0 Å². The Morgan fingerprint density at radius 3 is 3.00 bits per heavy atom. The number of aromatic nitrogens is 2. The van der Waals surface area contributed by atoms with Gasteiger partial charge in [0.1, 0.15) is 5.82 Å². The summed E-state index contributed by atoms with van der Waals surface area (Å²) in [4.78, 5) is 11.3. The lowest BCUT2D eigenvalue weighted by Crippen LogP contribution is -2.29. The Morgan fingerprint density at radius 2 is 2.28 bits per heavy atom. The summed E-state index contributed by atoms with van der Waals surface area (Å²) < 4.78 is 0. The number of hydrogen-bond acceptors (Lipinski definition) is 4. The van der Waals surface area contributed by atoms with Crippen molar-refractivity contribution < 1.29 is 0 Å². The van der Waals surface area contributed by atoms with Gasteiger partial charge in [-0.15, -0.1) is 0 Å². The summed E-state index contributed by atoms with van der Waals surface area (Å²) >= 11 is 0. The second-order valence-electron chi connectivity index (χ2n) is 5.27. The molecule has 0 radical (unpaired) electrons. The van der Waals surface area contributed by atoms with E-state index in [4.69, 9.17) is 4.98 Å². The molecule has 1 saturated carbocycles. The van der Waals surface area contributed by atoms with Gasteiger partial charge in [-0.25, -0.2) is 4.98 Å². The molecule has 3 rings (SSSR count). The maximum absolute atomic E-state index is 4.69. The molecule has 0 bridgehead atoms. The lowest BCUT2D eigenvalue weighted by atomic mass is 10.1. The zero-order valence-electron chi connectivity index (χ0n) is 10.9. The van der Waals surface area contributed by atoms with Crippen LogP contribution in [0.4, 0.5) is 5.82 Å². The normalized spacial score (nSPS) is 19.8. The third kappa shape index (κ3) is 2.88. The summed E-state index contributed by atoms with van der Waals surface area (Å²) in [6.07, 6.45) is 9.76. The van der Waals surface area contributed by atoms with Gasteiger partial charge in [-0.05, 0) is 26.2 Å². The second-order valence-corrected chi connectivity index (χ2v) is 5.27. The van der Waals surface area contributed by atoms with Crippen LogP contribution in [0.2, 0.25) is 0 Å². The van der Waals surface area contributed by atoms with E-state index in [9.17, 15) is 0 Å². The molecule has 1 aliphatic heterocycles. The fourth-order valence-corrected chi connectivity index (χ4v) is 2.15. The fourth-order valence-electron chi connectivity index (χ4n) is 2.15. The van der Waals surface area contributed by atoms with Crippen LogP contribution in [0, 0.1) is 0 Å². The quantitative estimate of drug-likeness (QED) is 0.821. The van der Waals surface area contributed by atoms with Gasteiger partial charge in [-0.3, -0.25) is 4.98 Å². The van der Waals surface area contributed by atoms with Gasteiger partial charge in [-0.2, -0.15) is 0 Å². The second kappa shape index (κ2) is 5.06. The van der Waals surface area contributed by atoms with Gasteiger partial charge < -0.3 is 10.2 Å². The summed E-state index contributed by atoms with van der Waals surface area (Å²) in [6, 6.07) is 0.719. The lowest BCUT2D eigenvalue weighted by Gasteiger charge is -2.26. The van der Waals surface area contributed by atoms with Gasteiger partial charge in [0, 0.05) is 31.9 Å². The largest absolute Gasteiger partial charge is 0.351 e. The first-order valence-electron chi connectivity index (χ1n) is 6.76. The molecule has 4 nitrogen and oxygen atoms in total. The summed E-state index contributed by atoms with van der Waals surface area (Å²) in [5.74, 6) is 1.01. The van der Waals surface area contributed by atoms with Gasteiger partial charge in [0.15, 0.2) is 0 Å². The minimum absolute atomic E-state index is 0.719. The lowest BCUT2D eigenvalue weighted by molar-refractivity contribution is 0.668. The summed E-state index contributed by atoms with van der Waals surface area (Å²) in [6.45, 7) is 5.05. The summed E-state index contributed by atoms with van der Waals surface area (Å²) in [5, 5.41) is 3.48. The number of nitrogens with zero attached hydrogens (tertiary/aromatic N) is 3. The molecule has 0 saturated heterocycles. The van der Waals surface area contributed by atoms with Crippen LogP contribution in [0.15, 0.2) is 24.0 Å². The van der Waals surface area contributed by atoms with Crippen molar-refractivity contribution in [1.82, 2.24) is 15.3 Å². The molecule has 0 spiro atoms. The molecule has 96 valence electrons. The van der Waals surface area contributed by atoms with Gasteiger partial charge in [0.2, 0.25) is 0 Å². The van der Waals surface area contributed by atoms with E-state index in [2.05, 4.69) is 28.2 Å². The molecule has 1 aliphatic carbocycles. The highest BCUT2D eigenvalue weighted by molar-refractivity contribution is 5.39. The number of anilines is 1. The monoisotopic (exact) mass is 244 g/mol. The van der Waals surface area contributed by atoms with E-state index in [1.165, 1.54) is 18.4 Å². The third-order valence-corrected chi connectivity index (χ3v) is 3.58. The van der Waals surface area contributed by atoms with Gasteiger partial charge in [0.25, 0.3) is 0 Å². The van der Waals surface area contributed by atoms with Crippen molar-refractivity contribution in [3.05, 3.63) is 29.7 Å². The molecular formula is C14H20N4. The predicted octanol–water partition coefficient (Wildman–Crippen LogP) is 1.89. The molecule has 0 amide bonds. The van der Waals surface area contributed by atoms with Crippen LogP contribution < -0.4 is 10.2 Å². The Labute approximate surface area is 108 Å². The molecule has 18 heavy (non-hydrogen) atoms. The Balaban J connectivity index is 1.65.